The lowest BCUT2D eigenvalue weighted by Gasteiger charge is -2.15. The van der Waals surface area contributed by atoms with Crippen LogP contribution in [0.2, 0.25) is 4.28 Å². The van der Waals surface area contributed by atoms with Gasteiger partial charge in [-0.25, -0.2) is 0 Å². The maximum Gasteiger partial charge on any atom is 0.220 e. The van der Waals surface area contributed by atoms with E-state index in [2.05, 4.69) is 20.8 Å². The third-order valence-corrected chi connectivity index (χ3v) is 1.50. The van der Waals surface area contributed by atoms with Crippen molar-refractivity contribution in [3.63, 3.8) is 0 Å². The van der Waals surface area contributed by atoms with Gasteiger partial charge in [0, 0.05) is 0 Å². The third-order valence-electron chi connectivity index (χ3n) is 1.000. The molecule has 0 saturated carbocycles. The second-order valence-electron chi connectivity index (χ2n) is 3.31. The first-order chi connectivity index (χ1) is 3.06. The minimum atomic E-state index is 0.689. The van der Waals surface area contributed by atoms with Crippen LogP contribution in [-0.2, 0) is 0 Å². The van der Waals surface area contributed by atoms with Crippen molar-refractivity contribution in [1.82, 2.24) is 0 Å². The first kappa shape index (κ1) is 7.53. The first-order valence-corrected chi connectivity index (χ1v) is 4.06. The molecule has 1 heteroatoms. The van der Waals surface area contributed by atoms with Crippen LogP contribution < -0.4 is 0 Å². The molecule has 0 N–H and O–H groups in total. The lowest BCUT2D eigenvalue weighted by Crippen LogP contribution is -1.99. The summed E-state index contributed by atoms with van der Waals surface area (Å²) in [5, 5.41) is 0. The van der Waals surface area contributed by atoms with Gasteiger partial charge in [-0.05, 0) is 0 Å². The maximum atomic E-state index is 2.34. The van der Waals surface area contributed by atoms with Crippen molar-refractivity contribution in [3.05, 3.63) is 0 Å². The minimum absolute atomic E-state index is 0.689. The third kappa shape index (κ3) is 6.53. The summed E-state index contributed by atoms with van der Waals surface area (Å²) >= 11 is 1.34. The Labute approximate surface area is 54.7 Å². The summed E-state index contributed by atoms with van der Waals surface area (Å²) < 4.78 is 0.689. The average Bonchev–Trinajstić information content (AvgIpc) is 1.30. The van der Waals surface area contributed by atoms with Crippen molar-refractivity contribution >= 4 is 16.3 Å². The molecule has 0 aromatic heterocycles. The second-order valence-corrected chi connectivity index (χ2v) is 6.02. The van der Waals surface area contributed by atoms with Crippen molar-refractivity contribution in [2.75, 3.05) is 0 Å². The van der Waals surface area contributed by atoms with E-state index in [-0.39, 0.29) is 0 Å². The Morgan fingerprint density at radius 1 is 1.43 bits per heavy atom. The van der Waals surface area contributed by atoms with Gasteiger partial charge < -0.3 is 0 Å². The van der Waals surface area contributed by atoms with E-state index in [1.165, 1.54) is 29.1 Å². The molecule has 0 aliphatic rings. The SMILES string of the molecule is CCC[C](C)(C)[AlH2]. The Morgan fingerprint density at radius 3 is 1.86 bits per heavy atom. The van der Waals surface area contributed by atoms with Gasteiger partial charge in [0.1, 0.15) is 0 Å². The van der Waals surface area contributed by atoms with Crippen LogP contribution in [0.1, 0.15) is 33.6 Å². The van der Waals surface area contributed by atoms with Gasteiger partial charge >= 0.3 is 0 Å². The van der Waals surface area contributed by atoms with Crippen molar-refractivity contribution in [2.24, 2.45) is 0 Å². The van der Waals surface area contributed by atoms with Crippen LogP contribution in [0.4, 0.5) is 0 Å². The van der Waals surface area contributed by atoms with E-state index in [0.717, 1.165) is 0 Å². The van der Waals surface area contributed by atoms with E-state index >= 15 is 0 Å². The van der Waals surface area contributed by atoms with Gasteiger partial charge in [-0.3, -0.25) is 0 Å². The number of rotatable bonds is 2. The molecule has 7 heavy (non-hydrogen) atoms. The van der Waals surface area contributed by atoms with E-state index in [9.17, 15) is 0 Å². The van der Waals surface area contributed by atoms with Crippen LogP contribution in [-0.4, -0.2) is 16.3 Å². The van der Waals surface area contributed by atoms with Crippen LogP contribution >= 0.6 is 0 Å². The Hall–Kier alpha value is 0.532. The van der Waals surface area contributed by atoms with Gasteiger partial charge in [-0.2, -0.15) is 0 Å². The summed E-state index contributed by atoms with van der Waals surface area (Å²) in [6, 6.07) is 0. The molecule has 0 bridgehead atoms. The Morgan fingerprint density at radius 2 is 1.86 bits per heavy atom. The maximum absolute atomic E-state index is 2.34. The van der Waals surface area contributed by atoms with Crippen molar-refractivity contribution in [3.8, 4) is 0 Å². The van der Waals surface area contributed by atoms with Crippen LogP contribution in [0.3, 0.4) is 0 Å². The number of hydrogen-bond donors (Lipinski definition) is 0. The molecule has 0 amide bonds. The second kappa shape index (κ2) is 2.75. The molecule has 0 heterocycles. The predicted octanol–water partition coefficient (Wildman–Crippen LogP) is 1.62. The van der Waals surface area contributed by atoms with E-state index in [1.54, 1.807) is 0 Å². The highest BCUT2D eigenvalue weighted by atomic mass is 27.0. The fraction of sp³-hybridized carbons (Fsp3) is 1.00. The van der Waals surface area contributed by atoms with Gasteiger partial charge in [0.25, 0.3) is 0 Å². The zero-order valence-corrected chi connectivity index (χ0v) is 7.91. The van der Waals surface area contributed by atoms with E-state index in [0.29, 0.717) is 4.28 Å². The van der Waals surface area contributed by atoms with Crippen LogP contribution in [0.15, 0.2) is 0 Å². The lowest BCUT2D eigenvalue weighted by atomic mass is 10.1. The molecule has 0 fully saturated rings. The molecule has 0 unspecified atom stereocenters. The average molecular weight is 114 g/mol. The highest BCUT2D eigenvalue weighted by Gasteiger charge is 2.06. The van der Waals surface area contributed by atoms with Crippen molar-refractivity contribution < 1.29 is 0 Å². The van der Waals surface area contributed by atoms with E-state index in [4.69, 9.17) is 0 Å². The van der Waals surface area contributed by atoms with Crippen LogP contribution in [0.5, 0.6) is 0 Å². The van der Waals surface area contributed by atoms with Gasteiger partial charge in [0.05, 0.1) is 0 Å². The molecule has 0 aliphatic heterocycles. The predicted molar refractivity (Wildman–Crippen MR) is 37.5 cm³/mol. The molecule has 0 radical (unpaired) electrons. The summed E-state index contributed by atoms with van der Waals surface area (Å²) in [5.74, 6) is 0. The molecule has 0 aliphatic carbocycles. The summed E-state index contributed by atoms with van der Waals surface area (Å²) in [6.07, 6.45) is 2.75. The smallest absolute Gasteiger partial charge is 0.0850 e. The minimum Gasteiger partial charge on any atom is -0.0850 e. The largest absolute Gasteiger partial charge is 0.220 e. The van der Waals surface area contributed by atoms with E-state index < -0.39 is 0 Å². The Balaban J connectivity index is 3.15. The van der Waals surface area contributed by atoms with Gasteiger partial charge in [0.15, 0.2) is 0 Å². The number of hydrogen-bond acceptors (Lipinski definition) is 0. The quantitative estimate of drug-likeness (QED) is 0.478. The zero-order chi connectivity index (χ0) is 5.91. The van der Waals surface area contributed by atoms with Gasteiger partial charge in [-0.1, -0.05) is 37.9 Å². The lowest BCUT2D eigenvalue weighted by molar-refractivity contribution is 0.601. The topological polar surface area (TPSA) is 0 Å². The molecular weight excluding hydrogens is 99.0 g/mol. The monoisotopic (exact) mass is 114 g/mol. The van der Waals surface area contributed by atoms with Gasteiger partial charge in [0.2, 0.25) is 16.3 Å². The van der Waals surface area contributed by atoms with E-state index in [1.807, 2.05) is 0 Å². The summed E-state index contributed by atoms with van der Waals surface area (Å²) in [7, 11) is 0. The van der Waals surface area contributed by atoms with Crippen molar-refractivity contribution in [2.45, 2.75) is 37.9 Å². The van der Waals surface area contributed by atoms with Crippen LogP contribution in [0, 0.1) is 0 Å². The van der Waals surface area contributed by atoms with Crippen LogP contribution in [0.25, 0.3) is 0 Å². The molecule has 0 aromatic carbocycles. The molecule has 0 saturated heterocycles. The van der Waals surface area contributed by atoms with Crippen molar-refractivity contribution in [1.29, 1.82) is 0 Å². The normalized spacial score (nSPS) is 11.9. The first-order valence-electron chi connectivity index (χ1n) is 3.06. The summed E-state index contributed by atoms with van der Waals surface area (Å²) in [5.41, 5.74) is 0. The Bertz CT molecular complexity index is 42.6. The summed E-state index contributed by atoms with van der Waals surface area (Å²) in [4.78, 5) is 0. The fourth-order valence-corrected chi connectivity index (χ4v) is 1.25. The molecule has 0 aromatic rings. The molecule has 0 rings (SSSR count). The fourth-order valence-electron chi connectivity index (χ4n) is 0.750. The molecule has 0 spiro atoms. The highest BCUT2D eigenvalue weighted by molar-refractivity contribution is 6.14. The Kier molecular flexibility index (Phi) is 2.96. The summed E-state index contributed by atoms with van der Waals surface area (Å²) in [6.45, 7) is 6.92. The van der Waals surface area contributed by atoms with Gasteiger partial charge in [-0.15, -0.1) is 0 Å². The molecular formula is C6H15Al. The zero-order valence-electron chi connectivity index (χ0n) is 5.91. The highest BCUT2D eigenvalue weighted by Crippen LogP contribution is 2.24. The molecule has 0 nitrogen and oxygen atoms in total. The molecule has 42 valence electrons. The standard InChI is InChI=1S/C6H13.Al.2H/c1-4-5-6(2)3;;;/h4-5H2,1-3H3;;;. The molecule has 0 atom stereocenters.